The summed E-state index contributed by atoms with van der Waals surface area (Å²) in [6, 6.07) is 2.85. The highest BCUT2D eigenvalue weighted by Crippen LogP contribution is 2.35. The average molecular weight is 423 g/mol. The molecule has 21 heavy (non-hydrogen) atoms. The number of aromatic carboxylic acids is 1. The van der Waals surface area contributed by atoms with Gasteiger partial charge in [0.15, 0.2) is 6.10 Å². The number of rotatable bonds is 4. The molecule has 0 saturated carbocycles. The zero-order valence-electron chi connectivity index (χ0n) is 12.2. The number of carboxylic acids is 1. The molecule has 0 radical (unpaired) electrons. The van der Waals surface area contributed by atoms with Gasteiger partial charge in [-0.05, 0) is 71.7 Å². The van der Waals surface area contributed by atoms with E-state index in [0.29, 0.717) is 14.7 Å². The van der Waals surface area contributed by atoms with Gasteiger partial charge in [0.1, 0.15) is 5.75 Å². The minimum atomic E-state index is -1.04. The van der Waals surface area contributed by atoms with E-state index < -0.39 is 12.1 Å². The summed E-state index contributed by atoms with van der Waals surface area (Å²) >= 11 is 6.51. The van der Waals surface area contributed by atoms with Gasteiger partial charge >= 0.3 is 5.97 Å². The smallest absolute Gasteiger partial charge is 0.335 e. The molecule has 1 rings (SSSR count). The van der Waals surface area contributed by atoms with Crippen molar-refractivity contribution in [2.24, 2.45) is 0 Å². The third-order valence-electron chi connectivity index (χ3n) is 2.41. The molecule has 1 atom stereocenters. The predicted octanol–water partition coefficient (Wildman–Crippen LogP) is 3.59. The molecular weight excluding hydrogens is 406 g/mol. The van der Waals surface area contributed by atoms with Crippen LogP contribution in [0.3, 0.4) is 0 Å². The summed E-state index contributed by atoms with van der Waals surface area (Å²) in [4.78, 5) is 23.0. The standard InChI is InChI=1S/C14H17Br2NO4/c1-7(12(18)17-14(2,3)4)21-11-9(15)5-8(13(19)20)6-10(11)16/h5-7H,1-4H3,(H,17,18)(H,19,20). The van der Waals surface area contributed by atoms with Crippen molar-refractivity contribution in [3.63, 3.8) is 0 Å². The second-order valence-electron chi connectivity index (χ2n) is 5.57. The molecule has 0 saturated heterocycles. The first-order valence-corrected chi connectivity index (χ1v) is 7.81. The van der Waals surface area contributed by atoms with Crippen LogP contribution in [0.15, 0.2) is 21.1 Å². The van der Waals surface area contributed by atoms with Gasteiger partial charge in [-0.1, -0.05) is 0 Å². The molecule has 0 aliphatic carbocycles. The Morgan fingerprint density at radius 1 is 1.24 bits per heavy atom. The van der Waals surface area contributed by atoms with Crippen LogP contribution >= 0.6 is 31.9 Å². The van der Waals surface area contributed by atoms with Gasteiger partial charge in [0.25, 0.3) is 5.91 Å². The number of hydrogen-bond acceptors (Lipinski definition) is 3. The van der Waals surface area contributed by atoms with Crippen molar-refractivity contribution in [1.82, 2.24) is 5.32 Å². The molecular formula is C14H17Br2NO4. The zero-order chi connectivity index (χ0) is 16.4. The summed E-state index contributed by atoms with van der Waals surface area (Å²) in [5.41, 5.74) is -0.232. The van der Waals surface area contributed by atoms with E-state index in [0.717, 1.165) is 0 Å². The Labute approximate surface area is 140 Å². The lowest BCUT2D eigenvalue weighted by Crippen LogP contribution is -2.46. The van der Waals surface area contributed by atoms with Crippen LogP contribution in [-0.2, 0) is 4.79 Å². The Bertz CT molecular complexity index is 544. The van der Waals surface area contributed by atoms with Crippen molar-refractivity contribution in [2.45, 2.75) is 39.3 Å². The monoisotopic (exact) mass is 421 g/mol. The normalized spacial score (nSPS) is 12.7. The van der Waals surface area contributed by atoms with E-state index in [2.05, 4.69) is 37.2 Å². The Balaban J connectivity index is 2.93. The van der Waals surface area contributed by atoms with Crippen molar-refractivity contribution in [3.05, 3.63) is 26.6 Å². The topological polar surface area (TPSA) is 75.6 Å². The van der Waals surface area contributed by atoms with Gasteiger partial charge in [-0.15, -0.1) is 0 Å². The van der Waals surface area contributed by atoms with Crippen molar-refractivity contribution < 1.29 is 19.4 Å². The first-order valence-electron chi connectivity index (χ1n) is 6.22. The number of ether oxygens (including phenoxy) is 1. The number of carbonyl (C=O) groups is 2. The first-order chi connectivity index (χ1) is 9.51. The molecule has 1 aromatic rings. The minimum absolute atomic E-state index is 0.118. The van der Waals surface area contributed by atoms with Crippen molar-refractivity contribution in [3.8, 4) is 5.75 Å². The molecule has 5 nitrogen and oxygen atoms in total. The van der Waals surface area contributed by atoms with Gasteiger partial charge in [-0.2, -0.15) is 0 Å². The van der Waals surface area contributed by atoms with Crippen LogP contribution in [0.2, 0.25) is 0 Å². The fraction of sp³-hybridized carbons (Fsp3) is 0.429. The van der Waals surface area contributed by atoms with Crippen LogP contribution in [0.5, 0.6) is 5.75 Å². The van der Waals surface area contributed by atoms with Crippen molar-refractivity contribution in [1.29, 1.82) is 0 Å². The summed E-state index contributed by atoms with van der Waals surface area (Å²) in [6.07, 6.45) is -0.715. The second kappa shape index (κ2) is 6.79. The maximum atomic E-state index is 12.0. The molecule has 0 aliphatic heterocycles. The van der Waals surface area contributed by atoms with Crippen LogP contribution in [-0.4, -0.2) is 28.6 Å². The highest BCUT2D eigenvalue weighted by Gasteiger charge is 2.22. The molecule has 7 heteroatoms. The minimum Gasteiger partial charge on any atom is -0.479 e. The first kappa shape index (κ1) is 18.0. The lowest BCUT2D eigenvalue weighted by Gasteiger charge is -2.24. The quantitative estimate of drug-likeness (QED) is 0.777. The number of halogens is 2. The number of carboxylic acid groups (broad SMARTS) is 1. The van der Waals surface area contributed by atoms with E-state index in [4.69, 9.17) is 9.84 Å². The average Bonchev–Trinajstić information content (AvgIpc) is 2.30. The van der Waals surface area contributed by atoms with Gasteiger partial charge in [0, 0.05) is 5.54 Å². The van der Waals surface area contributed by atoms with Crippen molar-refractivity contribution in [2.75, 3.05) is 0 Å². The maximum Gasteiger partial charge on any atom is 0.335 e. The van der Waals surface area contributed by atoms with E-state index in [1.807, 2.05) is 20.8 Å². The van der Waals surface area contributed by atoms with E-state index in [-0.39, 0.29) is 17.0 Å². The lowest BCUT2D eigenvalue weighted by molar-refractivity contribution is -0.128. The molecule has 0 heterocycles. The summed E-state index contributed by atoms with van der Waals surface area (Å²) < 4.78 is 6.54. The molecule has 0 bridgehead atoms. The zero-order valence-corrected chi connectivity index (χ0v) is 15.3. The molecule has 1 unspecified atom stereocenters. The van der Waals surface area contributed by atoms with Crippen LogP contribution in [0, 0.1) is 0 Å². The Morgan fingerprint density at radius 2 is 1.71 bits per heavy atom. The SMILES string of the molecule is CC(Oc1c(Br)cc(C(=O)O)cc1Br)C(=O)NC(C)(C)C. The number of benzene rings is 1. The van der Waals surface area contributed by atoms with Crippen LogP contribution in [0.1, 0.15) is 38.1 Å². The third kappa shape index (κ3) is 5.32. The van der Waals surface area contributed by atoms with E-state index in [9.17, 15) is 9.59 Å². The van der Waals surface area contributed by atoms with Crippen molar-refractivity contribution >= 4 is 43.7 Å². The number of amides is 1. The highest BCUT2D eigenvalue weighted by molar-refractivity contribution is 9.11. The fourth-order valence-corrected chi connectivity index (χ4v) is 2.87. The van der Waals surface area contributed by atoms with E-state index in [1.54, 1.807) is 6.92 Å². The molecule has 0 spiro atoms. The lowest BCUT2D eigenvalue weighted by atomic mass is 10.1. The summed E-state index contributed by atoms with van der Waals surface area (Å²) in [6.45, 7) is 7.27. The molecule has 0 aliphatic rings. The summed E-state index contributed by atoms with van der Waals surface area (Å²) in [5, 5.41) is 11.8. The van der Waals surface area contributed by atoms with Gasteiger partial charge in [0.05, 0.1) is 14.5 Å². The molecule has 116 valence electrons. The highest BCUT2D eigenvalue weighted by atomic mass is 79.9. The number of hydrogen-bond donors (Lipinski definition) is 2. The van der Waals surface area contributed by atoms with Gasteiger partial charge < -0.3 is 15.2 Å². The number of nitrogens with one attached hydrogen (secondary N) is 1. The Morgan fingerprint density at radius 3 is 2.10 bits per heavy atom. The third-order valence-corrected chi connectivity index (χ3v) is 3.59. The molecule has 1 amide bonds. The van der Waals surface area contributed by atoms with Gasteiger partial charge in [-0.25, -0.2) is 4.79 Å². The van der Waals surface area contributed by atoms with Gasteiger partial charge in [-0.3, -0.25) is 4.79 Å². The predicted molar refractivity (Wildman–Crippen MR) is 86.8 cm³/mol. The Kier molecular flexibility index (Phi) is 5.81. The number of carbonyl (C=O) groups excluding carboxylic acids is 1. The molecule has 0 aromatic heterocycles. The van der Waals surface area contributed by atoms with E-state index >= 15 is 0 Å². The Hall–Kier alpha value is -1.08. The molecule has 2 N–H and O–H groups in total. The van der Waals surface area contributed by atoms with Gasteiger partial charge in [0.2, 0.25) is 0 Å². The summed E-state index contributed by atoms with van der Waals surface area (Å²) in [5.74, 6) is -0.901. The van der Waals surface area contributed by atoms with E-state index in [1.165, 1.54) is 12.1 Å². The molecule has 0 fully saturated rings. The van der Waals surface area contributed by atoms with Crippen LogP contribution in [0.4, 0.5) is 0 Å². The molecule has 1 aromatic carbocycles. The largest absolute Gasteiger partial charge is 0.479 e. The van der Waals surface area contributed by atoms with Crippen LogP contribution in [0.25, 0.3) is 0 Å². The fourth-order valence-electron chi connectivity index (χ4n) is 1.50. The second-order valence-corrected chi connectivity index (χ2v) is 7.28. The van der Waals surface area contributed by atoms with Crippen LogP contribution < -0.4 is 10.1 Å². The maximum absolute atomic E-state index is 12.0. The summed E-state index contributed by atoms with van der Waals surface area (Å²) in [7, 11) is 0.